The molecular weight excluding hydrogens is 637 g/mol. The van der Waals surface area contributed by atoms with E-state index in [0.717, 1.165) is 28.7 Å². The topological polar surface area (TPSA) is 115 Å². The number of carboxylic acid groups (broad SMARTS) is 1. The van der Waals surface area contributed by atoms with Crippen LogP contribution < -0.4 is 4.90 Å². The number of nitrogens with zero attached hydrogens (tertiary/aromatic N) is 2. The van der Waals surface area contributed by atoms with Crippen LogP contribution in [0.3, 0.4) is 0 Å². The Labute approximate surface area is 252 Å². The minimum Gasteiger partial charge on any atom is -0.507 e. The quantitative estimate of drug-likeness (QED) is 0.167. The van der Waals surface area contributed by atoms with Gasteiger partial charge in [-0.15, -0.1) is 0 Å². The number of aromatic carboxylic acids is 1. The van der Waals surface area contributed by atoms with Gasteiger partial charge in [-0.1, -0.05) is 24.3 Å². The molecule has 0 heterocycles. The molecule has 0 spiro atoms. The molecule has 1 amide bonds. The molecule has 0 aromatic heterocycles. The first-order chi connectivity index (χ1) is 20.9. The second-order valence-corrected chi connectivity index (χ2v) is 12.5. The molecule has 242 valence electrons. The van der Waals surface area contributed by atoms with E-state index < -0.39 is 79.7 Å². The van der Waals surface area contributed by atoms with Crippen molar-refractivity contribution in [3.8, 4) is 5.75 Å². The molecule has 45 heavy (non-hydrogen) atoms. The molecule has 1 aliphatic rings. The van der Waals surface area contributed by atoms with Gasteiger partial charge in [0.1, 0.15) is 11.3 Å². The first-order valence-electron chi connectivity index (χ1n) is 13.3. The first kappa shape index (κ1) is 33.7. The molecule has 3 aromatic rings. The number of alkyl halides is 2. The largest absolute Gasteiger partial charge is 0.507 e. The molecule has 0 radical (unpaired) electrons. The molecule has 4 rings (SSSR count). The molecule has 0 bridgehead atoms. The van der Waals surface area contributed by atoms with Crippen LogP contribution in [0.2, 0.25) is 0 Å². The van der Waals surface area contributed by atoms with Crippen LogP contribution in [0.4, 0.5) is 36.4 Å². The van der Waals surface area contributed by atoms with Crippen molar-refractivity contribution in [3.05, 3.63) is 88.2 Å². The summed E-state index contributed by atoms with van der Waals surface area (Å²) in [5, 5.41) is 19.4. The molecule has 8 nitrogen and oxygen atoms in total. The van der Waals surface area contributed by atoms with Crippen molar-refractivity contribution < 1.29 is 59.0 Å². The third-order valence-corrected chi connectivity index (χ3v) is 9.35. The highest BCUT2D eigenvalue weighted by atomic mass is 32.2. The third kappa shape index (κ3) is 6.91. The van der Waals surface area contributed by atoms with Gasteiger partial charge in [-0.05, 0) is 42.0 Å². The van der Waals surface area contributed by atoms with E-state index in [1.54, 1.807) is 24.3 Å². The molecule has 1 saturated carbocycles. The Morgan fingerprint density at radius 1 is 0.889 bits per heavy atom. The summed E-state index contributed by atoms with van der Waals surface area (Å²) >= 11 is 0. The Bertz CT molecular complexity index is 1710. The summed E-state index contributed by atoms with van der Waals surface area (Å²) in [7, 11) is -4.83. The van der Waals surface area contributed by atoms with Crippen LogP contribution in [0.5, 0.6) is 5.75 Å². The van der Waals surface area contributed by atoms with Crippen molar-refractivity contribution in [2.75, 3.05) is 18.5 Å². The second kappa shape index (κ2) is 12.7. The Kier molecular flexibility index (Phi) is 9.49. The number of rotatable bonds is 9. The number of carbonyl (C=O) groups excluding carboxylic acids is 1. The van der Waals surface area contributed by atoms with Gasteiger partial charge < -0.3 is 15.1 Å². The number of carboxylic acids is 1. The summed E-state index contributed by atoms with van der Waals surface area (Å²) in [6.07, 6.45) is -0.00998. The number of hydrogen-bond donors (Lipinski definition) is 2. The monoisotopic (exact) mass is 662 g/mol. The standard InChI is InChI=1S/C29H25F7N2O6S/c1-37(45(43,44)27-25(33)23(31)22(30)24(32)26(27)34)14-21(40)38(18-6-7-19(28(41)42)20(39)12-18)13-15-2-4-16(5-3-15)17-8-10-29(35,36)11-9-17/h2-7,12,17,39H,8-11,13-14H2,1H3,(H,41,42). The molecule has 0 saturated heterocycles. The summed E-state index contributed by atoms with van der Waals surface area (Å²) in [5.41, 5.74) is 0.521. The lowest BCUT2D eigenvalue weighted by molar-refractivity contribution is -0.118. The Morgan fingerprint density at radius 3 is 1.93 bits per heavy atom. The van der Waals surface area contributed by atoms with E-state index in [1.807, 2.05) is 0 Å². The van der Waals surface area contributed by atoms with Gasteiger partial charge in [0.2, 0.25) is 27.7 Å². The molecular formula is C29H25F7N2O6S. The number of phenols is 1. The fourth-order valence-electron chi connectivity index (χ4n) is 4.97. The van der Waals surface area contributed by atoms with Crippen molar-refractivity contribution in [3.63, 3.8) is 0 Å². The van der Waals surface area contributed by atoms with E-state index in [0.29, 0.717) is 12.6 Å². The smallest absolute Gasteiger partial charge is 0.339 e. The zero-order valence-corrected chi connectivity index (χ0v) is 24.2. The highest BCUT2D eigenvalue weighted by Gasteiger charge is 2.38. The average molecular weight is 663 g/mol. The van der Waals surface area contributed by atoms with Gasteiger partial charge >= 0.3 is 5.97 Å². The number of benzene rings is 3. The maximum Gasteiger partial charge on any atom is 0.339 e. The number of sulfonamides is 1. The second-order valence-electron chi connectivity index (χ2n) is 10.5. The van der Waals surface area contributed by atoms with Gasteiger partial charge in [0.15, 0.2) is 28.2 Å². The van der Waals surface area contributed by atoms with Crippen LogP contribution in [-0.2, 0) is 21.4 Å². The number of halogens is 7. The number of likely N-dealkylation sites (N-methyl/N-ethyl adjacent to an activating group) is 1. The molecule has 0 aliphatic heterocycles. The fourth-order valence-corrected chi connectivity index (χ4v) is 6.20. The maximum absolute atomic E-state index is 14.3. The lowest BCUT2D eigenvalue weighted by Crippen LogP contribution is -2.41. The highest BCUT2D eigenvalue weighted by molar-refractivity contribution is 7.89. The summed E-state index contributed by atoms with van der Waals surface area (Å²) in [5.74, 6) is -19.1. The van der Waals surface area contributed by atoms with Crippen LogP contribution in [-0.4, -0.2) is 54.3 Å². The van der Waals surface area contributed by atoms with Crippen molar-refractivity contribution in [2.24, 2.45) is 0 Å². The van der Waals surface area contributed by atoms with Crippen molar-refractivity contribution in [2.45, 2.75) is 49.0 Å². The van der Waals surface area contributed by atoms with E-state index in [-0.39, 0.29) is 48.1 Å². The number of hydrogen-bond acceptors (Lipinski definition) is 5. The summed E-state index contributed by atoms with van der Waals surface area (Å²) in [6, 6.07) is 9.46. The normalized spacial score (nSPS) is 15.3. The maximum atomic E-state index is 14.3. The number of aromatic hydroxyl groups is 1. The van der Waals surface area contributed by atoms with Crippen LogP contribution in [0.1, 0.15) is 53.1 Å². The van der Waals surface area contributed by atoms with E-state index >= 15 is 0 Å². The molecule has 3 aromatic carbocycles. The van der Waals surface area contributed by atoms with E-state index in [9.17, 15) is 59.0 Å². The van der Waals surface area contributed by atoms with Crippen LogP contribution >= 0.6 is 0 Å². The minimum absolute atomic E-state index is 0.0635. The highest BCUT2D eigenvalue weighted by Crippen LogP contribution is 2.41. The van der Waals surface area contributed by atoms with Gasteiger partial charge in [-0.2, -0.15) is 4.31 Å². The summed E-state index contributed by atoms with van der Waals surface area (Å²) in [6.45, 7) is -1.53. The fraction of sp³-hybridized carbons (Fsp3) is 0.310. The molecule has 1 aliphatic carbocycles. The van der Waals surface area contributed by atoms with Gasteiger partial charge in [0, 0.05) is 31.6 Å². The van der Waals surface area contributed by atoms with Crippen LogP contribution in [0.25, 0.3) is 0 Å². The predicted octanol–water partition coefficient (Wildman–Crippen LogP) is 5.93. The Morgan fingerprint density at radius 2 is 1.42 bits per heavy atom. The van der Waals surface area contributed by atoms with Crippen LogP contribution in [0, 0.1) is 29.1 Å². The minimum atomic E-state index is -5.49. The number of amides is 1. The lowest BCUT2D eigenvalue weighted by atomic mass is 9.82. The number of carbonyl (C=O) groups is 2. The molecule has 2 N–H and O–H groups in total. The predicted molar refractivity (Wildman–Crippen MR) is 145 cm³/mol. The molecule has 0 unspecified atom stereocenters. The van der Waals surface area contributed by atoms with Crippen LogP contribution in [0.15, 0.2) is 47.4 Å². The summed E-state index contributed by atoms with van der Waals surface area (Å²) < 4.78 is 123. The lowest BCUT2D eigenvalue weighted by Gasteiger charge is -2.29. The van der Waals surface area contributed by atoms with Gasteiger partial charge in [0.05, 0.1) is 13.1 Å². The van der Waals surface area contributed by atoms with Gasteiger partial charge in [-0.25, -0.2) is 43.9 Å². The average Bonchev–Trinajstić information content (AvgIpc) is 2.97. The van der Waals surface area contributed by atoms with Crippen molar-refractivity contribution in [1.29, 1.82) is 0 Å². The van der Waals surface area contributed by atoms with E-state index in [4.69, 9.17) is 0 Å². The van der Waals surface area contributed by atoms with Crippen molar-refractivity contribution in [1.82, 2.24) is 4.31 Å². The first-order valence-corrected chi connectivity index (χ1v) is 14.7. The van der Waals surface area contributed by atoms with Gasteiger partial charge in [-0.3, -0.25) is 4.79 Å². The molecule has 16 heteroatoms. The Hall–Kier alpha value is -4.18. The zero-order valence-electron chi connectivity index (χ0n) is 23.3. The molecule has 1 fully saturated rings. The van der Waals surface area contributed by atoms with E-state index in [2.05, 4.69) is 0 Å². The van der Waals surface area contributed by atoms with Crippen molar-refractivity contribution >= 4 is 27.6 Å². The van der Waals surface area contributed by atoms with Gasteiger partial charge in [0.25, 0.3) is 0 Å². The molecule has 0 atom stereocenters. The third-order valence-electron chi connectivity index (χ3n) is 7.53. The SMILES string of the molecule is CN(CC(=O)N(Cc1ccc(C2CCC(F)(F)CC2)cc1)c1ccc(C(=O)O)c(O)c1)S(=O)(=O)c1c(F)c(F)c(F)c(F)c1F. The van der Waals surface area contributed by atoms with E-state index in [1.165, 1.54) is 0 Å². The zero-order chi connectivity index (χ0) is 33.4. The number of anilines is 1. The summed E-state index contributed by atoms with van der Waals surface area (Å²) in [4.78, 5) is 23.5. The Balaban J connectivity index is 1.64.